The number of carbonyl (C=O) groups is 2. The lowest BCUT2D eigenvalue weighted by atomic mass is 9.65. The standard InChI is InChI=1S/C20H29NO4/c1-6-20(17(22)23)11-12-21(18(24)25-19(3,4)5)13-16(20)15-10-8-7-9-14(15)2/h7-10,16H,6,11-13H2,1-5H3,(H,22,23). The lowest BCUT2D eigenvalue weighted by Gasteiger charge is -2.45. The van der Waals surface area contributed by atoms with E-state index >= 15 is 0 Å². The molecule has 2 atom stereocenters. The predicted molar refractivity (Wildman–Crippen MR) is 96.7 cm³/mol. The van der Waals surface area contributed by atoms with Gasteiger partial charge in [0.15, 0.2) is 0 Å². The Labute approximate surface area is 150 Å². The molecule has 0 aromatic heterocycles. The highest BCUT2D eigenvalue weighted by molar-refractivity contribution is 5.77. The zero-order valence-corrected chi connectivity index (χ0v) is 15.8. The molecular weight excluding hydrogens is 318 g/mol. The van der Waals surface area contributed by atoms with Crippen LogP contribution in [0.3, 0.4) is 0 Å². The Kier molecular flexibility index (Phi) is 5.45. The first-order valence-electron chi connectivity index (χ1n) is 8.87. The van der Waals surface area contributed by atoms with Crippen LogP contribution in [-0.2, 0) is 9.53 Å². The van der Waals surface area contributed by atoms with Gasteiger partial charge in [0, 0.05) is 19.0 Å². The van der Waals surface area contributed by atoms with Gasteiger partial charge in [-0.2, -0.15) is 0 Å². The summed E-state index contributed by atoms with van der Waals surface area (Å²) in [7, 11) is 0. The summed E-state index contributed by atoms with van der Waals surface area (Å²) in [6, 6.07) is 7.84. The first-order valence-corrected chi connectivity index (χ1v) is 8.87. The van der Waals surface area contributed by atoms with E-state index in [0.29, 0.717) is 25.9 Å². The largest absolute Gasteiger partial charge is 0.481 e. The van der Waals surface area contributed by atoms with Gasteiger partial charge in [0.05, 0.1) is 5.41 Å². The number of carboxylic acids is 1. The maximum Gasteiger partial charge on any atom is 0.410 e. The van der Waals surface area contributed by atoms with E-state index in [-0.39, 0.29) is 12.0 Å². The van der Waals surface area contributed by atoms with E-state index < -0.39 is 17.0 Å². The molecule has 1 N–H and O–H groups in total. The molecule has 5 heteroatoms. The molecule has 1 aromatic rings. The second-order valence-corrected chi connectivity index (χ2v) is 7.90. The van der Waals surface area contributed by atoms with Gasteiger partial charge in [-0.3, -0.25) is 4.79 Å². The molecule has 5 nitrogen and oxygen atoms in total. The molecule has 138 valence electrons. The summed E-state index contributed by atoms with van der Waals surface area (Å²) in [6.45, 7) is 10.2. The minimum absolute atomic E-state index is 0.252. The first-order chi connectivity index (χ1) is 11.6. The van der Waals surface area contributed by atoms with Crippen LogP contribution < -0.4 is 0 Å². The van der Waals surface area contributed by atoms with Crippen molar-refractivity contribution in [2.45, 2.75) is 59.0 Å². The van der Waals surface area contributed by atoms with Crippen LogP contribution in [0.4, 0.5) is 4.79 Å². The van der Waals surface area contributed by atoms with Crippen LogP contribution in [0.2, 0.25) is 0 Å². The fourth-order valence-corrected chi connectivity index (χ4v) is 3.69. The van der Waals surface area contributed by atoms with Crippen molar-refractivity contribution in [2.75, 3.05) is 13.1 Å². The maximum atomic E-state index is 12.5. The molecule has 0 radical (unpaired) electrons. The number of piperidine rings is 1. The smallest absolute Gasteiger partial charge is 0.410 e. The van der Waals surface area contributed by atoms with Gasteiger partial charge in [-0.1, -0.05) is 31.2 Å². The molecule has 1 heterocycles. The number of ether oxygens (including phenoxy) is 1. The zero-order chi connectivity index (χ0) is 18.8. The van der Waals surface area contributed by atoms with Crippen LogP contribution in [0.25, 0.3) is 0 Å². The van der Waals surface area contributed by atoms with Crippen molar-refractivity contribution in [1.29, 1.82) is 0 Å². The lowest BCUT2D eigenvalue weighted by Crippen LogP contribution is -2.52. The molecule has 2 unspecified atom stereocenters. The number of aryl methyl sites for hydroxylation is 1. The molecule has 1 aliphatic heterocycles. The molecule has 0 aliphatic carbocycles. The van der Waals surface area contributed by atoms with Crippen molar-refractivity contribution in [2.24, 2.45) is 5.41 Å². The number of rotatable bonds is 3. The van der Waals surface area contributed by atoms with E-state index in [4.69, 9.17) is 4.74 Å². The number of benzene rings is 1. The summed E-state index contributed by atoms with van der Waals surface area (Å²) in [4.78, 5) is 26.3. The Hall–Kier alpha value is -2.04. The summed E-state index contributed by atoms with van der Waals surface area (Å²) in [5.74, 6) is -1.04. The lowest BCUT2D eigenvalue weighted by molar-refractivity contribution is -0.154. The van der Waals surface area contributed by atoms with Crippen LogP contribution in [-0.4, -0.2) is 40.8 Å². The maximum absolute atomic E-state index is 12.5. The number of carboxylic acid groups (broad SMARTS) is 1. The Balaban J connectivity index is 2.38. The van der Waals surface area contributed by atoms with Crippen molar-refractivity contribution in [3.8, 4) is 0 Å². The van der Waals surface area contributed by atoms with Crippen molar-refractivity contribution < 1.29 is 19.4 Å². The summed E-state index contributed by atoms with van der Waals surface area (Å²) >= 11 is 0. The van der Waals surface area contributed by atoms with Crippen molar-refractivity contribution in [1.82, 2.24) is 4.90 Å². The Morgan fingerprint density at radius 2 is 1.96 bits per heavy atom. The number of hydrogen-bond donors (Lipinski definition) is 1. The fraction of sp³-hybridized carbons (Fsp3) is 0.600. The van der Waals surface area contributed by atoms with E-state index in [2.05, 4.69) is 0 Å². The Morgan fingerprint density at radius 1 is 1.32 bits per heavy atom. The van der Waals surface area contributed by atoms with Crippen LogP contribution in [0, 0.1) is 12.3 Å². The summed E-state index contributed by atoms with van der Waals surface area (Å²) in [6.07, 6.45) is 0.585. The third-order valence-corrected chi connectivity index (χ3v) is 5.17. The van der Waals surface area contributed by atoms with E-state index in [1.54, 1.807) is 4.90 Å². The van der Waals surface area contributed by atoms with Crippen LogP contribution in [0.5, 0.6) is 0 Å². The van der Waals surface area contributed by atoms with Gasteiger partial charge in [-0.05, 0) is 51.7 Å². The molecule has 1 saturated heterocycles. The van der Waals surface area contributed by atoms with Crippen LogP contribution in [0.15, 0.2) is 24.3 Å². The first kappa shape index (κ1) is 19.3. The van der Waals surface area contributed by atoms with Gasteiger partial charge in [0.25, 0.3) is 0 Å². The highest BCUT2D eigenvalue weighted by Crippen LogP contribution is 2.46. The van der Waals surface area contributed by atoms with Crippen molar-refractivity contribution in [3.63, 3.8) is 0 Å². The molecule has 1 aliphatic rings. The van der Waals surface area contributed by atoms with E-state index in [1.165, 1.54) is 0 Å². The van der Waals surface area contributed by atoms with Crippen molar-refractivity contribution >= 4 is 12.1 Å². The number of amides is 1. The van der Waals surface area contributed by atoms with Crippen molar-refractivity contribution in [3.05, 3.63) is 35.4 Å². The van der Waals surface area contributed by atoms with Gasteiger partial charge >= 0.3 is 12.1 Å². The number of hydrogen-bond acceptors (Lipinski definition) is 3. The molecule has 0 bridgehead atoms. The molecule has 25 heavy (non-hydrogen) atoms. The highest BCUT2D eigenvalue weighted by Gasteiger charge is 2.50. The third kappa shape index (κ3) is 3.97. The molecule has 0 spiro atoms. The Morgan fingerprint density at radius 3 is 2.48 bits per heavy atom. The fourth-order valence-electron chi connectivity index (χ4n) is 3.69. The Bertz CT molecular complexity index is 649. The second-order valence-electron chi connectivity index (χ2n) is 7.90. The molecule has 1 amide bonds. The highest BCUT2D eigenvalue weighted by atomic mass is 16.6. The average Bonchev–Trinajstić information content (AvgIpc) is 2.53. The SMILES string of the molecule is CCC1(C(=O)O)CCN(C(=O)OC(C)(C)C)CC1c1ccccc1C. The quantitative estimate of drug-likeness (QED) is 0.890. The topological polar surface area (TPSA) is 66.8 Å². The average molecular weight is 347 g/mol. The van der Waals surface area contributed by atoms with Gasteiger partial charge in [0.2, 0.25) is 0 Å². The second kappa shape index (κ2) is 7.06. The summed E-state index contributed by atoms with van der Waals surface area (Å²) in [5, 5.41) is 9.99. The molecule has 1 aromatic carbocycles. The zero-order valence-electron chi connectivity index (χ0n) is 15.8. The monoisotopic (exact) mass is 347 g/mol. The van der Waals surface area contributed by atoms with Crippen LogP contribution >= 0.6 is 0 Å². The van der Waals surface area contributed by atoms with Gasteiger partial charge in [-0.15, -0.1) is 0 Å². The molecular formula is C20H29NO4. The van der Waals surface area contributed by atoms with Crippen LogP contribution in [0.1, 0.15) is 57.6 Å². The normalized spacial score (nSPS) is 24.0. The summed E-state index contributed by atoms with van der Waals surface area (Å²) in [5.41, 5.74) is 0.629. The molecule has 1 fully saturated rings. The molecule has 2 rings (SSSR count). The minimum atomic E-state index is -0.857. The minimum Gasteiger partial charge on any atom is -0.481 e. The van der Waals surface area contributed by atoms with Gasteiger partial charge in [-0.25, -0.2) is 4.79 Å². The number of carbonyl (C=O) groups excluding carboxylic acids is 1. The van der Waals surface area contributed by atoms with E-state index in [1.807, 2.05) is 58.9 Å². The van der Waals surface area contributed by atoms with Gasteiger partial charge < -0.3 is 14.7 Å². The summed E-state index contributed by atoms with van der Waals surface area (Å²) < 4.78 is 5.49. The van der Waals surface area contributed by atoms with Gasteiger partial charge in [0.1, 0.15) is 5.60 Å². The number of likely N-dealkylation sites (tertiary alicyclic amines) is 1. The predicted octanol–water partition coefficient (Wildman–Crippen LogP) is 4.20. The third-order valence-electron chi connectivity index (χ3n) is 5.17. The number of aliphatic carboxylic acids is 1. The molecule has 0 saturated carbocycles. The van der Waals surface area contributed by atoms with E-state index in [0.717, 1.165) is 11.1 Å². The number of nitrogens with zero attached hydrogens (tertiary/aromatic N) is 1. The van der Waals surface area contributed by atoms with E-state index in [9.17, 15) is 14.7 Å².